The number of imidazole rings is 1. The molecular weight excluding hydrogens is 250 g/mol. The summed E-state index contributed by atoms with van der Waals surface area (Å²) in [5.41, 5.74) is 3.41. The first-order chi connectivity index (χ1) is 9.88. The van der Waals surface area contributed by atoms with Crippen LogP contribution in [0.2, 0.25) is 0 Å². The maximum atomic E-state index is 5.38. The first-order valence-electron chi connectivity index (χ1n) is 7.14. The van der Waals surface area contributed by atoms with Gasteiger partial charge in [0, 0.05) is 6.04 Å². The fraction of sp³-hybridized carbons (Fsp3) is 0.312. The second kappa shape index (κ2) is 4.80. The lowest BCUT2D eigenvalue weighted by Gasteiger charge is -2.09. The molecule has 1 saturated heterocycles. The van der Waals surface area contributed by atoms with Crippen molar-refractivity contribution in [1.82, 2.24) is 15.3 Å². The largest absolute Gasteiger partial charge is 0.461 e. The van der Waals surface area contributed by atoms with Crippen LogP contribution >= 0.6 is 0 Å². The molecule has 20 heavy (non-hydrogen) atoms. The predicted molar refractivity (Wildman–Crippen MR) is 78.5 cm³/mol. The Hall–Kier alpha value is -2.07. The molecule has 2 aromatic heterocycles. The summed E-state index contributed by atoms with van der Waals surface area (Å²) in [6.07, 6.45) is 5.32. The minimum Gasteiger partial charge on any atom is -0.461 e. The van der Waals surface area contributed by atoms with Gasteiger partial charge < -0.3 is 14.7 Å². The van der Waals surface area contributed by atoms with Gasteiger partial charge in [-0.25, -0.2) is 4.98 Å². The van der Waals surface area contributed by atoms with Crippen molar-refractivity contribution in [2.24, 2.45) is 0 Å². The number of furan rings is 1. The fourth-order valence-electron chi connectivity index (χ4n) is 2.93. The Morgan fingerprint density at radius 3 is 3.10 bits per heavy atom. The zero-order valence-corrected chi connectivity index (χ0v) is 11.2. The first-order valence-corrected chi connectivity index (χ1v) is 7.14. The summed E-state index contributed by atoms with van der Waals surface area (Å²) in [5, 5.41) is 3.54. The molecule has 4 heteroatoms. The molecule has 1 atom stereocenters. The van der Waals surface area contributed by atoms with E-state index < -0.39 is 0 Å². The summed E-state index contributed by atoms with van der Waals surface area (Å²) >= 11 is 0. The van der Waals surface area contributed by atoms with Crippen LogP contribution in [-0.2, 0) is 6.42 Å². The molecule has 1 aliphatic heterocycles. The van der Waals surface area contributed by atoms with Gasteiger partial charge >= 0.3 is 0 Å². The maximum Gasteiger partial charge on any atom is 0.174 e. The molecule has 4 nitrogen and oxygen atoms in total. The molecule has 1 fully saturated rings. The van der Waals surface area contributed by atoms with E-state index in [1.807, 2.05) is 12.1 Å². The van der Waals surface area contributed by atoms with Crippen molar-refractivity contribution in [2.75, 3.05) is 6.54 Å². The topological polar surface area (TPSA) is 53.9 Å². The van der Waals surface area contributed by atoms with Crippen molar-refractivity contribution in [3.05, 3.63) is 42.2 Å². The van der Waals surface area contributed by atoms with Crippen molar-refractivity contribution >= 4 is 11.0 Å². The second-order valence-corrected chi connectivity index (χ2v) is 5.41. The summed E-state index contributed by atoms with van der Waals surface area (Å²) in [6, 6.07) is 10.9. The first kappa shape index (κ1) is 11.7. The number of hydrogen-bond donors (Lipinski definition) is 2. The number of aromatic nitrogens is 2. The van der Waals surface area contributed by atoms with Crippen LogP contribution in [0.4, 0.5) is 0 Å². The van der Waals surface area contributed by atoms with E-state index in [9.17, 15) is 0 Å². The van der Waals surface area contributed by atoms with Gasteiger partial charge in [-0.1, -0.05) is 6.07 Å². The van der Waals surface area contributed by atoms with Crippen LogP contribution in [0.25, 0.3) is 22.6 Å². The smallest absolute Gasteiger partial charge is 0.174 e. The molecule has 0 aliphatic carbocycles. The summed E-state index contributed by atoms with van der Waals surface area (Å²) in [7, 11) is 0. The maximum absolute atomic E-state index is 5.38. The molecular formula is C16H17N3O. The normalized spacial score (nSPS) is 18.9. The molecule has 0 bridgehead atoms. The van der Waals surface area contributed by atoms with Crippen LogP contribution in [0.3, 0.4) is 0 Å². The Kier molecular flexibility index (Phi) is 2.81. The van der Waals surface area contributed by atoms with Gasteiger partial charge in [0.1, 0.15) is 0 Å². The van der Waals surface area contributed by atoms with Gasteiger partial charge in [0.2, 0.25) is 0 Å². The van der Waals surface area contributed by atoms with Gasteiger partial charge in [0.25, 0.3) is 0 Å². The summed E-state index contributed by atoms with van der Waals surface area (Å²) in [5.74, 6) is 1.57. The van der Waals surface area contributed by atoms with Gasteiger partial charge in [-0.2, -0.15) is 0 Å². The predicted octanol–water partition coefficient (Wildman–Crippen LogP) is 3.12. The Labute approximate surface area is 117 Å². The summed E-state index contributed by atoms with van der Waals surface area (Å²) in [6.45, 7) is 1.15. The second-order valence-electron chi connectivity index (χ2n) is 5.41. The number of fused-ring (bicyclic) bond motifs is 1. The third-order valence-corrected chi connectivity index (χ3v) is 3.95. The fourth-order valence-corrected chi connectivity index (χ4v) is 2.93. The number of hydrogen-bond acceptors (Lipinski definition) is 3. The number of aromatic amines is 1. The lowest BCUT2D eigenvalue weighted by Crippen LogP contribution is -2.23. The monoisotopic (exact) mass is 267 g/mol. The van der Waals surface area contributed by atoms with Crippen LogP contribution in [-0.4, -0.2) is 22.6 Å². The van der Waals surface area contributed by atoms with E-state index in [0.717, 1.165) is 35.6 Å². The molecule has 1 aromatic carbocycles. The van der Waals surface area contributed by atoms with Gasteiger partial charge in [0.15, 0.2) is 11.6 Å². The van der Waals surface area contributed by atoms with E-state index >= 15 is 0 Å². The van der Waals surface area contributed by atoms with E-state index in [4.69, 9.17) is 4.42 Å². The van der Waals surface area contributed by atoms with Gasteiger partial charge in [0.05, 0.1) is 17.3 Å². The van der Waals surface area contributed by atoms with Crippen molar-refractivity contribution in [2.45, 2.75) is 25.3 Å². The Morgan fingerprint density at radius 2 is 2.30 bits per heavy atom. The summed E-state index contributed by atoms with van der Waals surface area (Å²) < 4.78 is 5.38. The van der Waals surface area contributed by atoms with E-state index in [0.29, 0.717) is 6.04 Å². The Balaban J connectivity index is 1.65. The third kappa shape index (κ3) is 2.12. The molecule has 2 N–H and O–H groups in total. The molecule has 0 radical (unpaired) electrons. The highest BCUT2D eigenvalue weighted by atomic mass is 16.3. The minimum atomic E-state index is 0.625. The van der Waals surface area contributed by atoms with E-state index in [1.54, 1.807) is 6.26 Å². The van der Waals surface area contributed by atoms with Gasteiger partial charge in [-0.05, 0) is 55.6 Å². The lowest BCUT2D eigenvalue weighted by molar-refractivity contribution is 0.578. The Morgan fingerprint density at radius 1 is 1.30 bits per heavy atom. The van der Waals surface area contributed by atoms with Gasteiger partial charge in [-0.15, -0.1) is 0 Å². The molecule has 0 spiro atoms. The lowest BCUT2D eigenvalue weighted by atomic mass is 10.0. The standard InChI is InChI=1S/C16H17N3O/c1-3-12(17-7-1)9-11-5-6-13-14(10-11)19-16(18-13)15-4-2-8-20-15/h2,4-6,8,10,12,17H,1,3,7,9H2,(H,18,19). The average Bonchev–Trinajstić information content (AvgIpc) is 3.19. The Bertz CT molecular complexity index is 708. The number of rotatable bonds is 3. The zero-order chi connectivity index (χ0) is 13.4. The van der Waals surface area contributed by atoms with Crippen molar-refractivity contribution in [1.29, 1.82) is 0 Å². The van der Waals surface area contributed by atoms with Crippen LogP contribution in [0.1, 0.15) is 18.4 Å². The highest BCUT2D eigenvalue weighted by molar-refractivity contribution is 5.79. The molecule has 1 aliphatic rings. The molecule has 0 amide bonds. The number of benzene rings is 1. The van der Waals surface area contributed by atoms with Crippen molar-refractivity contribution in [3.8, 4) is 11.6 Å². The molecule has 102 valence electrons. The molecule has 0 saturated carbocycles. The van der Waals surface area contributed by atoms with E-state index in [-0.39, 0.29) is 0 Å². The van der Waals surface area contributed by atoms with E-state index in [2.05, 4.69) is 33.5 Å². The van der Waals surface area contributed by atoms with Crippen molar-refractivity contribution in [3.63, 3.8) is 0 Å². The zero-order valence-electron chi connectivity index (χ0n) is 11.2. The SMILES string of the molecule is c1coc(-c2nc3ccc(CC4CCCN4)cc3[nH]2)c1. The quantitative estimate of drug-likeness (QED) is 0.766. The third-order valence-electron chi connectivity index (χ3n) is 3.95. The van der Waals surface area contributed by atoms with Crippen LogP contribution in [0.15, 0.2) is 41.0 Å². The number of H-pyrrole nitrogens is 1. The average molecular weight is 267 g/mol. The van der Waals surface area contributed by atoms with Crippen LogP contribution in [0, 0.1) is 0 Å². The van der Waals surface area contributed by atoms with E-state index in [1.165, 1.54) is 18.4 Å². The number of nitrogens with one attached hydrogen (secondary N) is 2. The number of nitrogens with zero attached hydrogens (tertiary/aromatic N) is 1. The highest BCUT2D eigenvalue weighted by Gasteiger charge is 2.15. The molecule has 3 heterocycles. The van der Waals surface area contributed by atoms with Crippen LogP contribution < -0.4 is 5.32 Å². The summed E-state index contributed by atoms with van der Waals surface area (Å²) in [4.78, 5) is 7.90. The van der Waals surface area contributed by atoms with Gasteiger partial charge in [-0.3, -0.25) is 0 Å². The molecule has 3 aromatic rings. The van der Waals surface area contributed by atoms with Crippen molar-refractivity contribution < 1.29 is 4.42 Å². The molecule has 4 rings (SSSR count). The minimum absolute atomic E-state index is 0.625. The van der Waals surface area contributed by atoms with Crippen LogP contribution in [0.5, 0.6) is 0 Å². The molecule has 1 unspecified atom stereocenters. The highest BCUT2D eigenvalue weighted by Crippen LogP contribution is 2.22.